The lowest BCUT2D eigenvalue weighted by molar-refractivity contribution is -0.135. The number of alkyl carbamates (subject to hydrolysis) is 1. The van der Waals surface area contributed by atoms with Crippen LogP contribution in [-0.4, -0.2) is 51.5 Å². The highest BCUT2D eigenvalue weighted by Gasteiger charge is 2.37. The smallest absolute Gasteiger partial charge is 0.407 e. The van der Waals surface area contributed by atoms with Crippen molar-refractivity contribution in [2.45, 2.75) is 38.8 Å². The zero-order chi connectivity index (χ0) is 28.4. The van der Waals surface area contributed by atoms with Gasteiger partial charge in [0.2, 0.25) is 5.91 Å². The third-order valence-corrected chi connectivity index (χ3v) is 7.71. The molecule has 9 nitrogen and oxygen atoms in total. The van der Waals surface area contributed by atoms with E-state index in [9.17, 15) is 14.9 Å². The maximum absolute atomic E-state index is 13.4. The lowest BCUT2D eigenvalue weighted by Gasteiger charge is -2.30. The molecule has 10 heteroatoms. The second-order valence-corrected chi connectivity index (χ2v) is 11.1. The number of amides is 2. The molecule has 0 radical (unpaired) electrons. The maximum Gasteiger partial charge on any atom is 0.407 e. The van der Waals surface area contributed by atoms with Gasteiger partial charge in [-0.2, -0.15) is 5.26 Å². The predicted octanol–water partition coefficient (Wildman–Crippen LogP) is 5.97. The predicted molar refractivity (Wildman–Crippen MR) is 155 cm³/mol. The van der Waals surface area contributed by atoms with Crippen molar-refractivity contribution in [3.8, 4) is 28.6 Å². The molecule has 40 heavy (non-hydrogen) atoms. The number of hydrogen-bond acceptors (Lipinski definition) is 6. The lowest BCUT2D eigenvalue weighted by Crippen LogP contribution is -2.51. The second-order valence-electron chi connectivity index (χ2n) is 10.1. The number of nitrogens with zero attached hydrogens (tertiary/aromatic N) is 4. The summed E-state index contributed by atoms with van der Waals surface area (Å²) in [5, 5.41) is 13.2. The van der Waals surface area contributed by atoms with E-state index < -0.39 is 12.1 Å². The number of imidazole rings is 1. The van der Waals surface area contributed by atoms with Gasteiger partial charge in [0.1, 0.15) is 11.9 Å². The Balaban J connectivity index is 1.36. The van der Waals surface area contributed by atoms with Gasteiger partial charge in [-0.1, -0.05) is 54.0 Å². The van der Waals surface area contributed by atoms with Crippen LogP contribution in [0.15, 0.2) is 59.2 Å². The highest BCUT2D eigenvalue weighted by atomic mass is 79.9. The number of nitriles is 1. The van der Waals surface area contributed by atoms with E-state index in [-0.39, 0.29) is 17.9 Å². The fourth-order valence-electron chi connectivity index (χ4n) is 5.10. The number of methoxy groups -OCH3 is 1. The summed E-state index contributed by atoms with van der Waals surface area (Å²) in [6, 6.07) is 16.8. The highest BCUT2D eigenvalue weighted by Crippen LogP contribution is 2.33. The molecule has 4 aromatic rings. The zero-order valence-corrected chi connectivity index (χ0v) is 24.0. The monoisotopic (exact) mass is 600 g/mol. The van der Waals surface area contributed by atoms with Crippen molar-refractivity contribution in [2.24, 2.45) is 5.92 Å². The molecular weight excluding hydrogens is 572 g/mol. The van der Waals surface area contributed by atoms with Crippen molar-refractivity contribution < 1.29 is 14.3 Å². The van der Waals surface area contributed by atoms with Gasteiger partial charge in [-0.05, 0) is 48.6 Å². The molecule has 2 atom stereocenters. The van der Waals surface area contributed by atoms with E-state index in [2.05, 4.69) is 37.3 Å². The molecule has 5 rings (SSSR count). The summed E-state index contributed by atoms with van der Waals surface area (Å²) in [5.74, 6) is 0.477. The first-order valence-electron chi connectivity index (χ1n) is 13.1. The quantitative estimate of drug-likeness (QED) is 0.281. The Bertz CT molecular complexity index is 1610. The molecule has 2 N–H and O–H groups in total. The number of pyridine rings is 1. The number of halogens is 1. The van der Waals surface area contributed by atoms with Gasteiger partial charge in [0.15, 0.2) is 0 Å². The molecule has 1 fully saturated rings. The van der Waals surface area contributed by atoms with E-state index in [0.717, 1.165) is 50.7 Å². The van der Waals surface area contributed by atoms with Crippen molar-refractivity contribution in [3.05, 3.63) is 70.6 Å². The molecule has 0 saturated carbocycles. The van der Waals surface area contributed by atoms with Crippen molar-refractivity contribution in [2.75, 3.05) is 13.7 Å². The first-order valence-corrected chi connectivity index (χ1v) is 13.9. The number of aromatic nitrogens is 3. The van der Waals surface area contributed by atoms with Crippen LogP contribution in [-0.2, 0) is 9.53 Å². The minimum atomic E-state index is -0.679. The number of nitrogens with one attached hydrogen (secondary N) is 2. The van der Waals surface area contributed by atoms with Gasteiger partial charge in [0, 0.05) is 22.0 Å². The van der Waals surface area contributed by atoms with Gasteiger partial charge >= 0.3 is 6.09 Å². The van der Waals surface area contributed by atoms with Crippen LogP contribution in [0.3, 0.4) is 0 Å². The molecule has 2 unspecified atom stereocenters. The van der Waals surface area contributed by atoms with Gasteiger partial charge in [-0.15, -0.1) is 0 Å². The number of ether oxygens (including phenoxy) is 1. The molecule has 0 aliphatic carbocycles. The van der Waals surface area contributed by atoms with Crippen LogP contribution in [0.25, 0.3) is 33.4 Å². The summed E-state index contributed by atoms with van der Waals surface area (Å²) in [6.45, 7) is 4.39. The maximum atomic E-state index is 13.4. The molecule has 1 saturated heterocycles. The number of H-pyrrole nitrogens is 1. The SMILES string of the molecule is COC(=O)NC(C(=O)N1CCCC1c1ncc(-c2ccc(-c3cc(C#N)c4cc(Br)ccc4n3)cc2)[nH]1)C(C)C. The Morgan fingerprint density at radius 3 is 2.62 bits per heavy atom. The largest absolute Gasteiger partial charge is 0.453 e. The Labute approximate surface area is 240 Å². The Kier molecular flexibility index (Phi) is 7.85. The first-order chi connectivity index (χ1) is 19.3. The number of likely N-dealkylation sites (tertiary alicyclic amines) is 1. The Morgan fingerprint density at radius 2 is 1.93 bits per heavy atom. The normalized spacial score (nSPS) is 15.7. The summed E-state index contributed by atoms with van der Waals surface area (Å²) in [5.41, 5.74) is 4.73. The minimum Gasteiger partial charge on any atom is -0.453 e. The summed E-state index contributed by atoms with van der Waals surface area (Å²) < 4.78 is 5.62. The second kappa shape index (κ2) is 11.5. The average molecular weight is 602 g/mol. The molecule has 0 spiro atoms. The van der Waals surface area contributed by atoms with Crippen molar-refractivity contribution in [1.29, 1.82) is 5.26 Å². The standard InChI is InChI=1S/C30H29BrN6O3/c1-17(2)27(36-30(39)40-3)29(38)37-12-4-5-26(37)28-33-16-25(35-28)19-8-6-18(7-9-19)24-13-20(15-32)22-14-21(31)10-11-23(22)34-24/h6-11,13-14,16-17,26-27H,4-5,12H2,1-3H3,(H,33,35)(H,36,39). The molecule has 204 valence electrons. The van der Waals surface area contributed by atoms with Crippen molar-refractivity contribution in [1.82, 2.24) is 25.2 Å². The Morgan fingerprint density at radius 1 is 1.18 bits per heavy atom. The van der Waals surface area contributed by atoms with Crippen molar-refractivity contribution >= 4 is 38.8 Å². The number of carbonyl (C=O) groups is 2. The molecular formula is C30H29BrN6O3. The van der Waals surface area contributed by atoms with Crippen LogP contribution in [0.1, 0.15) is 44.1 Å². The topological polar surface area (TPSA) is 124 Å². The average Bonchev–Trinajstić information content (AvgIpc) is 3.65. The van der Waals surface area contributed by atoms with Gasteiger partial charge in [-0.25, -0.2) is 14.8 Å². The highest BCUT2D eigenvalue weighted by molar-refractivity contribution is 9.10. The van der Waals surface area contributed by atoms with E-state index in [1.807, 2.05) is 62.4 Å². The van der Waals surface area contributed by atoms with Crippen LogP contribution in [0.4, 0.5) is 4.79 Å². The van der Waals surface area contributed by atoms with Crippen LogP contribution < -0.4 is 5.32 Å². The van der Waals surface area contributed by atoms with Crippen LogP contribution >= 0.6 is 15.9 Å². The number of hydrogen-bond donors (Lipinski definition) is 2. The number of benzene rings is 2. The number of rotatable bonds is 6. The van der Waals surface area contributed by atoms with Gasteiger partial charge < -0.3 is 19.9 Å². The number of carbonyl (C=O) groups excluding carboxylic acids is 2. The Hall–Kier alpha value is -4.23. The molecule has 2 aromatic carbocycles. The summed E-state index contributed by atoms with van der Waals surface area (Å²) in [6.07, 6.45) is 2.79. The molecule has 3 heterocycles. The third kappa shape index (κ3) is 5.42. The van der Waals surface area contributed by atoms with Crippen LogP contribution in [0.2, 0.25) is 0 Å². The molecule has 2 aromatic heterocycles. The minimum absolute atomic E-state index is 0.0956. The van der Waals surface area contributed by atoms with E-state index >= 15 is 0 Å². The summed E-state index contributed by atoms with van der Waals surface area (Å²) in [4.78, 5) is 39.8. The molecule has 1 aliphatic rings. The van der Waals surface area contributed by atoms with E-state index in [0.29, 0.717) is 17.9 Å². The van der Waals surface area contributed by atoms with E-state index in [1.165, 1.54) is 7.11 Å². The summed E-state index contributed by atoms with van der Waals surface area (Å²) in [7, 11) is 1.29. The zero-order valence-electron chi connectivity index (χ0n) is 22.4. The summed E-state index contributed by atoms with van der Waals surface area (Å²) >= 11 is 3.46. The lowest BCUT2D eigenvalue weighted by atomic mass is 10.0. The van der Waals surface area contributed by atoms with E-state index in [1.54, 1.807) is 11.1 Å². The third-order valence-electron chi connectivity index (χ3n) is 7.22. The fraction of sp³-hybridized carbons (Fsp3) is 0.300. The first kappa shape index (κ1) is 27.3. The number of fused-ring (bicyclic) bond motifs is 1. The van der Waals surface area contributed by atoms with Crippen molar-refractivity contribution in [3.63, 3.8) is 0 Å². The van der Waals surface area contributed by atoms with Gasteiger partial charge in [0.25, 0.3) is 0 Å². The fourth-order valence-corrected chi connectivity index (χ4v) is 5.47. The molecule has 0 bridgehead atoms. The van der Waals surface area contributed by atoms with Gasteiger partial charge in [-0.3, -0.25) is 4.79 Å². The van der Waals surface area contributed by atoms with Crippen LogP contribution in [0, 0.1) is 17.2 Å². The van der Waals surface area contributed by atoms with Crippen LogP contribution in [0.5, 0.6) is 0 Å². The number of aromatic amines is 1. The molecule has 2 amide bonds. The van der Waals surface area contributed by atoms with E-state index in [4.69, 9.17) is 9.72 Å². The van der Waals surface area contributed by atoms with Gasteiger partial charge in [0.05, 0.1) is 47.9 Å². The molecule has 1 aliphatic heterocycles.